The maximum absolute atomic E-state index is 12.6. The summed E-state index contributed by atoms with van der Waals surface area (Å²) in [5.41, 5.74) is 1.97. The molecule has 0 bridgehead atoms. The second-order valence-corrected chi connectivity index (χ2v) is 7.46. The summed E-state index contributed by atoms with van der Waals surface area (Å²) in [7, 11) is -4.02. The predicted octanol–water partition coefficient (Wildman–Crippen LogP) is 1.72. The van der Waals surface area contributed by atoms with Crippen LogP contribution >= 0.6 is 0 Å². The largest absolute Gasteiger partial charge is 0.380 e. The van der Waals surface area contributed by atoms with E-state index in [4.69, 9.17) is 4.74 Å². The number of amides is 2. The van der Waals surface area contributed by atoms with Crippen LogP contribution in [0.4, 0.5) is 10.7 Å². The Morgan fingerprint density at radius 3 is 2.40 bits per heavy atom. The first-order valence-corrected chi connectivity index (χ1v) is 9.16. The smallest absolute Gasteiger partial charge is 0.335 e. The summed E-state index contributed by atoms with van der Waals surface area (Å²) in [6, 6.07) is 7.41. The van der Waals surface area contributed by atoms with Gasteiger partial charge >= 0.3 is 6.03 Å². The van der Waals surface area contributed by atoms with E-state index < -0.39 is 16.1 Å². The number of carbonyl (C=O) groups excluding carboxylic acids is 1. The van der Waals surface area contributed by atoms with Crippen molar-refractivity contribution in [1.29, 1.82) is 0 Å². The Hall–Kier alpha value is -2.52. The number of anilines is 1. The van der Waals surface area contributed by atoms with Gasteiger partial charge in [-0.05, 0) is 31.5 Å². The third kappa shape index (κ3) is 3.94. The highest BCUT2D eigenvalue weighted by atomic mass is 32.2. The van der Waals surface area contributed by atoms with Gasteiger partial charge < -0.3 is 4.74 Å². The molecule has 0 atom stereocenters. The third-order valence-electron chi connectivity index (χ3n) is 3.72. The molecule has 25 heavy (non-hydrogen) atoms. The van der Waals surface area contributed by atoms with Gasteiger partial charge in [0.25, 0.3) is 10.0 Å². The van der Waals surface area contributed by atoms with Gasteiger partial charge in [0.2, 0.25) is 5.95 Å². The van der Waals surface area contributed by atoms with Gasteiger partial charge in [0.1, 0.15) is 0 Å². The lowest BCUT2D eigenvalue weighted by Crippen LogP contribution is -2.36. The number of rotatable bonds is 4. The van der Waals surface area contributed by atoms with Crippen molar-refractivity contribution >= 4 is 22.0 Å². The molecule has 2 aromatic rings. The second kappa shape index (κ2) is 6.77. The van der Waals surface area contributed by atoms with Crippen molar-refractivity contribution in [3.05, 3.63) is 47.3 Å². The van der Waals surface area contributed by atoms with E-state index in [1.165, 1.54) is 6.07 Å². The van der Waals surface area contributed by atoms with Crippen LogP contribution < -0.4 is 10.0 Å². The number of ether oxygens (including phenoxy) is 1. The van der Waals surface area contributed by atoms with Crippen LogP contribution in [0.5, 0.6) is 0 Å². The van der Waals surface area contributed by atoms with Gasteiger partial charge in [0, 0.05) is 17.3 Å². The van der Waals surface area contributed by atoms with Gasteiger partial charge in [-0.25, -0.2) is 27.9 Å². The third-order valence-corrected chi connectivity index (χ3v) is 5.13. The summed E-state index contributed by atoms with van der Waals surface area (Å²) < 4.78 is 32.3. The Kier molecular flexibility index (Phi) is 4.69. The Balaban J connectivity index is 1.78. The lowest BCUT2D eigenvalue weighted by atomic mass is 9.98. The monoisotopic (exact) mass is 362 g/mol. The zero-order chi connectivity index (χ0) is 18.0. The lowest BCUT2D eigenvalue weighted by molar-refractivity contribution is 0.00733. The summed E-state index contributed by atoms with van der Waals surface area (Å²) >= 11 is 0. The minimum atomic E-state index is -4.02. The van der Waals surface area contributed by atoms with E-state index in [9.17, 15) is 13.2 Å². The van der Waals surface area contributed by atoms with Crippen molar-refractivity contribution in [2.45, 2.75) is 24.7 Å². The topological polar surface area (TPSA) is 110 Å². The van der Waals surface area contributed by atoms with Crippen LogP contribution in [0.3, 0.4) is 0 Å². The Bertz CT molecular complexity index is 890. The van der Waals surface area contributed by atoms with Crippen LogP contribution in [0.1, 0.15) is 22.9 Å². The van der Waals surface area contributed by atoms with Crippen LogP contribution in [-0.4, -0.2) is 37.6 Å². The van der Waals surface area contributed by atoms with Gasteiger partial charge in [-0.3, -0.25) is 5.32 Å². The van der Waals surface area contributed by atoms with Gasteiger partial charge in [-0.2, -0.15) is 0 Å². The fourth-order valence-electron chi connectivity index (χ4n) is 2.56. The molecule has 0 saturated carbocycles. The zero-order valence-corrected chi connectivity index (χ0v) is 14.6. The Morgan fingerprint density at radius 2 is 1.80 bits per heavy atom. The van der Waals surface area contributed by atoms with Crippen molar-refractivity contribution < 1.29 is 17.9 Å². The number of urea groups is 1. The molecule has 8 nitrogen and oxygen atoms in total. The molecular formula is C16H18N4O4S. The minimum absolute atomic E-state index is 0.0126. The Morgan fingerprint density at radius 1 is 1.16 bits per heavy atom. The summed E-state index contributed by atoms with van der Waals surface area (Å²) in [6.07, 6.45) is 0. The molecule has 1 aromatic heterocycles. The molecule has 2 N–H and O–H groups in total. The van der Waals surface area contributed by atoms with Crippen LogP contribution in [0.15, 0.2) is 35.2 Å². The summed E-state index contributed by atoms with van der Waals surface area (Å²) in [4.78, 5) is 20.3. The summed E-state index contributed by atoms with van der Waals surface area (Å²) in [5.74, 6) is 0.0597. The van der Waals surface area contributed by atoms with E-state index in [1.807, 2.05) is 4.72 Å². The van der Waals surface area contributed by atoms with Crippen LogP contribution in [-0.2, 0) is 14.8 Å². The maximum Gasteiger partial charge on any atom is 0.335 e. The molecule has 1 saturated heterocycles. The molecule has 2 heterocycles. The molecule has 0 radical (unpaired) electrons. The minimum Gasteiger partial charge on any atom is -0.380 e. The van der Waals surface area contributed by atoms with Crippen molar-refractivity contribution in [2.24, 2.45) is 0 Å². The first kappa shape index (κ1) is 17.3. The number of benzene rings is 1. The molecule has 0 aliphatic carbocycles. The van der Waals surface area contributed by atoms with Crippen molar-refractivity contribution in [2.75, 3.05) is 18.5 Å². The molecular weight excluding hydrogens is 344 g/mol. The highest BCUT2D eigenvalue weighted by Gasteiger charge is 2.29. The average molecular weight is 362 g/mol. The van der Waals surface area contributed by atoms with Crippen molar-refractivity contribution in [3.8, 4) is 0 Å². The normalized spacial score (nSPS) is 14.6. The number of sulfonamides is 1. The molecule has 1 fully saturated rings. The highest BCUT2D eigenvalue weighted by molar-refractivity contribution is 7.90. The van der Waals surface area contributed by atoms with E-state index in [2.05, 4.69) is 15.3 Å². The maximum atomic E-state index is 12.6. The fourth-order valence-corrected chi connectivity index (χ4v) is 3.77. The molecule has 1 aliphatic rings. The summed E-state index contributed by atoms with van der Waals surface area (Å²) in [6.45, 7) is 4.45. The highest BCUT2D eigenvalue weighted by Crippen LogP contribution is 2.29. The first-order valence-electron chi connectivity index (χ1n) is 7.68. The SMILES string of the molecule is Cc1cc(C)nc(NC(=O)NS(=O)(=O)c2ccccc2C2COC2)n1. The molecule has 2 amide bonds. The van der Waals surface area contributed by atoms with Crippen LogP contribution in [0, 0.1) is 13.8 Å². The first-order chi connectivity index (χ1) is 11.8. The molecule has 1 aliphatic heterocycles. The molecule has 132 valence electrons. The van der Waals surface area contributed by atoms with Gasteiger partial charge in [0.15, 0.2) is 0 Å². The van der Waals surface area contributed by atoms with Crippen LogP contribution in [0.25, 0.3) is 0 Å². The molecule has 3 rings (SSSR count). The van der Waals surface area contributed by atoms with E-state index in [0.29, 0.717) is 30.2 Å². The molecule has 9 heteroatoms. The second-order valence-electron chi connectivity index (χ2n) is 5.81. The molecule has 0 spiro atoms. The van der Waals surface area contributed by atoms with E-state index >= 15 is 0 Å². The van der Waals surface area contributed by atoms with Crippen LogP contribution in [0.2, 0.25) is 0 Å². The van der Waals surface area contributed by atoms with E-state index in [1.54, 1.807) is 38.1 Å². The van der Waals surface area contributed by atoms with Crippen molar-refractivity contribution in [3.63, 3.8) is 0 Å². The molecule has 0 unspecified atom stereocenters. The number of nitrogens with one attached hydrogen (secondary N) is 2. The summed E-state index contributed by atoms with van der Waals surface area (Å²) in [5, 5.41) is 2.35. The van der Waals surface area contributed by atoms with E-state index in [0.717, 1.165) is 0 Å². The van der Waals surface area contributed by atoms with Gasteiger partial charge in [0.05, 0.1) is 18.1 Å². The van der Waals surface area contributed by atoms with Gasteiger partial charge in [-0.15, -0.1) is 0 Å². The number of hydrogen-bond donors (Lipinski definition) is 2. The van der Waals surface area contributed by atoms with E-state index in [-0.39, 0.29) is 16.8 Å². The number of carbonyl (C=O) groups is 1. The number of nitrogens with zero attached hydrogens (tertiary/aromatic N) is 2. The number of aryl methyl sites for hydroxylation is 2. The number of hydrogen-bond acceptors (Lipinski definition) is 6. The lowest BCUT2D eigenvalue weighted by Gasteiger charge is -2.28. The standard InChI is InChI=1S/C16H18N4O4S/c1-10-7-11(2)18-15(17-10)19-16(21)20-25(22,23)14-6-4-3-5-13(14)12-8-24-9-12/h3-7,12H,8-9H2,1-2H3,(H2,17,18,19,20,21). The average Bonchev–Trinajstić information content (AvgIpc) is 2.43. The zero-order valence-electron chi connectivity index (χ0n) is 13.8. The quantitative estimate of drug-likeness (QED) is 0.857. The number of aromatic nitrogens is 2. The molecule has 1 aromatic carbocycles. The Labute approximate surface area is 145 Å². The van der Waals surface area contributed by atoms with Gasteiger partial charge in [-0.1, -0.05) is 18.2 Å². The van der Waals surface area contributed by atoms with Crippen molar-refractivity contribution in [1.82, 2.24) is 14.7 Å². The predicted molar refractivity (Wildman–Crippen MR) is 90.8 cm³/mol. The fraction of sp³-hybridized carbons (Fsp3) is 0.312.